The Morgan fingerprint density at radius 1 is 1.23 bits per heavy atom. The van der Waals surface area contributed by atoms with Crippen LogP contribution in [0.15, 0.2) is 41.4 Å². The van der Waals surface area contributed by atoms with E-state index >= 15 is 0 Å². The molecule has 136 valence electrons. The summed E-state index contributed by atoms with van der Waals surface area (Å²) in [4.78, 5) is 32.7. The van der Waals surface area contributed by atoms with Crippen LogP contribution in [0.4, 0.5) is 0 Å². The molecule has 0 unspecified atom stereocenters. The Morgan fingerprint density at radius 3 is 2.77 bits per heavy atom. The molecule has 2 saturated heterocycles. The van der Waals surface area contributed by atoms with E-state index in [9.17, 15) is 9.59 Å². The van der Waals surface area contributed by atoms with Crippen molar-refractivity contribution in [1.82, 2.24) is 19.9 Å². The van der Waals surface area contributed by atoms with Gasteiger partial charge in [0.2, 0.25) is 5.91 Å². The molecule has 1 spiro atoms. The number of nitrogens with zero attached hydrogens (tertiary/aromatic N) is 4. The van der Waals surface area contributed by atoms with Crippen LogP contribution < -0.4 is 0 Å². The fraction of sp³-hybridized carbons (Fsp3) is 0.474. The summed E-state index contributed by atoms with van der Waals surface area (Å²) in [5.41, 5.74) is 1.52. The van der Waals surface area contributed by atoms with E-state index in [2.05, 4.69) is 10.1 Å². The Kier molecular flexibility index (Phi) is 4.44. The Labute approximate surface area is 152 Å². The minimum atomic E-state index is -0.0762. The van der Waals surface area contributed by atoms with Gasteiger partial charge in [-0.05, 0) is 36.3 Å². The Balaban J connectivity index is 1.40. The van der Waals surface area contributed by atoms with Crippen LogP contribution in [-0.4, -0.2) is 51.4 Å². The molecule has 7 heteroatoms. The summed E-state index contributed by atoms with van der Waals surface area (Å²) >= 11 is 0. The van der Waals surface area contributed by atoms with Crippen LogP contribution in [0.2, 0.25) is 0 Å². The van der Waals surface area contributed by atoms with Gasteiger partial charge in [0.15, 0.2) is 5.69 Å². The van der Waals surface area contributed by atoms with Crippen molar-refractivity contribution in [2.75, 3.05) is 19.6 Å². The first kappa shape index (κ1) is 16.8. The Morgan fingerprint density at radius 2 is 2.08 bits per heavy atom. The van der Waals surface area contributed by atoms with Crippen molar-refractivity contribution in [3.8, 4) is 0 Å². The number of amides is 2. The van der Waals surface area contributed by atoms with Crippen molar-refractivity contribution in [3.05, 3.63) is 48.1 Å². The maximum Gasteiger partial charge on any atom is 0.276 e. The molecule has 2 aromatic rings. The number of hydrogen-bond donors (Lipinski definition) is 0. The van der Waals surface area contributed by atoms with Crippen molar-refractivity contribution in [2.24, 2.45) is 5.41 Å². The van der Waals surface area contributed by atoms with Crippen LogP contribution in [0.1, 0.15) is 41.7 Å². The Hall–Kier alpha value is -2.70. The number of piperidine rings is 2. The zero-order valence-corrected chi connectivity index (χ0v) is 14.6. The van der Waals surface area contributed by atoms with Gasteiger partial charge < -0.3 is 14.3 Å². The minimum absolute atomic E-state index is 0.0762. The van der Waals surface area contributed by atoms with Gasteiger partial charge in [0, 0.05) is 51.1 Å². The first-order valence-electron chi connectivity index (χ1n) is 9.02. The largest absolute Gasteiger partial charge is 0.364 e. The standard InChI is InChI=1S/C19H22N4O3/c24-17-3-5-19(14-23(17)13-15-2-1-8-20-12-15)6-9-22(10-7-19)18(25)16-4-11-26-21-16/h1-2,4,8,11-12H,3,5-7,9-10,13-14H2. The van der Waals surface area contributed by atoms with E-state index < -0.39 is 0 Å². The summed E-state index contributed by atoms with van der Waals surface area (Å²) in [5, 5.41) is 3.74. The molecule has 0 bridgehead atoms. The topological polar surface area (TPSA) is 79.5 Å². The summed E-state index contributed by atoms with van der Waals surface area (Å²) in [6.07, 6.45) is 8.28. The molecule has 7 nitrogen and oxygen atoms in total. The molecule has 0 aromatic carbocycles. The van der Waals surface area contributed by atoms with E-state index in [1.165, 1.54) is 6.26 Å². The normalized spacial score (nSPS) is 19.8. The summed E-state index contributed by atoms with van der Waals surface area (Å²) in [7, 11) is 0. The van der Waals surface area contributed by atoms with Crippen molar-refractivity contribution < 1.29 is 14.1 Å². The second-order valence-electron chi connectivity index (χ2n) is 7.29. The summed E-state index contributed by atoms with van der Waals surface area (Å²) in [5.74, 6) is 0.133. The SMILES string of the molecule is O=C1CCC2(CCN(C(=O)c3ccon3)CC2)CN1Cc1cccnc1. The van der Waals surface area contributed by atoms with Gasteiger partial charge in [-0.15, -0.1) is 0 Å². The molecule has 0 radical (unpaired) electrons. The van der Waals surface area contributed by atoms with Crippen LogP contribution in [0.25, 0.3) is 0 Å². The fourth-order valence-electron chi connectivity index (χ4n) is 4.04. The number of aromatic nitrogens is 2. The van der Waals surface area contributed by atoms with Gasteiger partial charge >= 0.3 is 0 Å². The smallest absolute Gasteiger partial charge is 0.276 e. The van der Waals surface area contributed by atoms with E-state index in [1.807, 2.05) is 28.1 Å². The highest BCUT2D eigenvalue weighted by molar-refractivity contribution is 5.92. The van der Waals surface area contributed by atoms with Gasteiger partial charge in [0.05, 0.1) is 0 Å². The number of pyridine rings is 1. The van der Waals surface area contributed by atoms with E-state index in [0.29, 0.717) is 31.7 Å². The number of likely N-dealkylation sites (tertiary alicyclic amines) is 2. The highest BCUT2D eigenvalue weighted by atomic mass is 16.5. The Bertz CT molecular complexity index is 767. The zero-order valence-electron chi connectivity index (χ0n) is 14.6. The molecular formula is C19H22N4O3. The molecule has 0 N–H and O–H groups in total. The molecule has 4 rings (SSSR count). The summed E-state index contributed by atoms with van der Waals surface area (Å²) in [6.45, 7) is 2.75. The quantitative estimate of drug-likeness (QED) is 0.843. The monoisotopic (exact) mass is 354 g/mol. The van der Waals surface area contributed by atoms with Gasteiger partial charge in [0.1, 0.15) is 6.26 Å². The molecule has 2 amide bonds. The third kappa shape index (κ3) is 3.34. The van der Waals surface area contributed by atoms with Crippen molar-refractivity contribution in [2.45, 2.75) is 32.2 Å². The third-order valence-electron chi connectivity index (χ3n) is 5.61. The van der Waals surface area contributed by atoms with Crippen molar-refractivity contribution in [1.29, 1.82) is 0 Å². The van der Waals surface area contributed by atoms with Crippen molar-refractivity contribution in [3.63, 3.8) is 0 Å². The maximum absolute atomic E-state index is 12.4. The second-order valence-corrected chi connectivity index (χ2v) is 7.29. The van der Waals surface area contributed by atoms with Crippen LogP contribution in [0.3, 0.4) is 0 Å². The van der Waals surface area contributed by atoms with E-state index in [0.717, 1.165) is 31.4 Å². The van der Waals surface area contributed by atoms with E-state index in [1.54, 1.807) is 12.3 Å². The molecule has 4 heterocycles. The molecular weight excluding hydrogens is 332 g/mol. The lowest BCUT2D eigenvalue weighted by atomic mass is 9.72. The van der Waals surface area contributed by atoms with Gasteiger partial charge in [-0.1, -0.05) is 11.2 Å². The lowest BCUT2D eigenvalue weighted by molar-refractivity contribution is -0.139. The molecule has 0 atom stereocenters. The maximum atomic E-state index is 12.4. The first-order valence-corrected chi connectivity index (χ1v) is 9.02. The predicted molar refractivity (Wildman–Crippen MR) is 93.0 cm³/mol. The number of carbonyl (C=O) groups is 2. The number of rotatable bonds is 3. The van der Waals surface area contributed by atoms with Gasteiger partial charge in [-0.25, -0.2) is 0 Å². The van der Waals surface area contributed by atoms with Crippen LogP contribution in [0.5, 0.6) is 0 Å². The number of carbonyl (C=O) groups excluding carboxylic acids is 2. The molecule has 2 aliphatic rings. The average molecular weight is 354 g/mol. The lowest BCUT2D eigenvalue weighted by Gasteiger charge is -2.47. The van der Waals surface area contributed by atoms with E-state index in [-0.39, 0.29) is 17.2 Å². The van der Waals surface area contributed by atoms with Crippen LogP contribution in [0, 0.1) is 5.41 Å². The molecule has 2 fully saturated rings. The first-order chi connectivity index (χ1) is 12.7. The predicted octanol–water partition coefficient (Wildman–Crippen LogP) is 2.11. The number of hydrogen-bond acceptors (Lipinski definition) is 5. The summed E-state index contributed by atoms with van der Waals surface area (Å²) < 4.78 is 4.77. The van der Waals surface area contributed by atoms with Gasteiger partial charge in [-0.3, -0.25) is 14.6 Å². The molecule has 0 saturated carbocycles. The fourth-order valence-corrected chi connectivity index (χ4v) is 4.04. The van der Waals surface area contributed by atoms with Crippen molar-refractivity contribution >= 4 is 11.8 Å². The highest BCUT2D eigenvalue weighted by Gasteiger charge is 2.41. The minimum Gasteiger partial charge on any atom is -0.364 e. The third-order valence-corrected chi connectivity index (χ3v) is 5.61. The van der Waals surface area contributed by atoms with Crippen LogP contribution in [-0.2, 0) is 11.3 Å². The van der Waals surface area contributed by atoms with Gasteiger partial charge in [0.25, 0.3) is 5.91 Å². The lowest BCUT2D eigenvalue weighted by Crippen LogP contribution is -2.52. The molecule has 2 aliphatic heterocycles. The van der Waals surface area contributed by atoms with E-state index in [4.69, 9.17) is 4.52 Å². The zero-order chi connectivity index (χ0) is 18.0. The van der Waals surface area contributed by atoms with Gasteiger partial charge in [-0.2, -0.15) is 0 Å². The van der Waals surface area contributed by atoms with Crippen LogP contribution >= 0.6 is 0 Å². The average Bonchev–Trinajstić information content (AvgIpc) is 3.21. The highest BCUT2D eigenvalue weighted by Crippen LogP contribution is 2.40. The summed E-state index contributed by atoms with van der Waals surface area (Å²) in [6, 6.07) is 5.50. The molecule has 2 aromatic heterocycles. The molecule has 26 heavy (non-hydrogen) atoms. The second kappa shape index (κ2) is 6.90. The molecule has 0 aliphatic carbocycles.